The Balaban J connectivity index is 1.11. The number of nitrogens with one attached hydrogen (secondary N) is 1. The van der Waals surface area contributed by atoms with E-state index in [1.165, 1.54) is 44.4 Å². The lowest BCUT2D eigenvalue weighted by atomic mass is 9.85. The quantitative estimate of drug-likeness (QED) is 0.125. The van der Waals surface area contributed by atoms with Gasteiger partial charge in [0.1, 0.15) is 17.0 Å². The maximum Gasteiger partial charge on any atom is 0.143 e. The Labute approximate surface area is 327 Å². The molecule has 2 heterocycles. The molecule has 0 bridgehead atoms. The third-order valence-corrected chi connectivity index (χ3v) is 11.2. The van der Waals surface area contributed by atoms with Crippen LogP contribution in [0.1, 0.15) is 52.8 Å². The first kappa shape index (κ1) is 33.6. The number of nitrogens with zero attached hydrogens (tertiary/aromatic N) is 2. The summed E-state index contributed by atoms with van der Waals surface area (Å²) in [6, 6.07) is 62.5. The second kappa shape index (κ2) is 14.4. The number of furan rings is 1. The number of amidine groups is 1. The highest BCUT2D eigenvalue weighted by Gasteiger charge is 2.27. The summed E-state index contributed by atoms with van der Waals surface area (Å²) < 4.78 is 9.02. The Hall–Kier alpha value is -6.91. The van der Waals surface area contributed by atoms with E-state index in [9.17, 15) is 0 Å². The molecule has 4 heteroatoms. The van der Waals surface area contributed by atoms with E-state index >= 15 is 0 Å². The van der Waals surface area contributed by atoms with Crippen molar-refractivity contribution in [2.45, 2.75) is 32.4 Å². The minimum Gasteiger partial charge on any atom is -0.455 e. The molecule has 4 nitrogen and oxygen atoms in total. The van der Waals surface area contributed by atoms with Crippen molar-refractivity contribution in [3.05, 3.63) is 209 Å². The van der Waals surface area contributed by atoms with Crippen LogP contribution < -0.4 is 5.32 Å². The number of aromatic nitrogens is 1. The molecule has 1 aliphatic carbocycles. The average molecular weight is 724 g/mol. The summed E-state index contributed by atoms with van der Waals surface area (Å²) in [5, 5.41) is 7.19. The zero-order valence-electron chi connectivity index (χ0n) is 31.3. The molecule has 1 atom stereocenters. The Kier molecular flexibility index (Phi) is 8.64. The number of hydrogen-bond acceptors (Lipinski definition) is 2. The van der Waals surface area contributed by atoms with E-state index in [1.54, 1.807) is 0 Å². The molecule has 0 spiro atoms. The van der Waals surface area contributed by atoms with E-state index in [-0.39, 0.29) is 0 Å². The average Bonchev–Trinajstić information content (AvgIpc) is 3.81. The first-order valence-electron chi connectivity index (χ1n) is 19.5. The minimum atomic E-state index is 0.301. The first-order chi connectivity index (χ1) is 27.7. The lowest BCUT2D eigenvalue weighted by Crippen LogP contribution is -2.24. The van der Waals surface area contributed by atoms with Gasteiger partial charge in [0.2, 0.25) is 0 Å². The predicted octanol–water partition coefficient (Wildman–Crippen LogP) is 13.0. The van der Waals surface area contributed by atoms with Gasteiger partial charge in [0.25, 0.3) is 0 Å². The molecule has 0 saturated heterocycles. The third-order valence-electron chi connectivity index (χ3n) is 11.2. The van der Waals surface area contributed by atoms with Gasteiger partial charge in [-0.2, -0.15) is 0 Å². The van der Waals surface area contributed by atoms with Crippen LogP contribution >= 0.6 is 0 Å². The summed E-state index contributed by atoms with van der Waals surface area (Å²) in [4.78, 5) is 5.11. The fourth-order valence-electron chi connectivity index (χ4n) is 8.46. The number of benzene rings is 7. The fourth-order valence-corrected chi connectivity index (χ4v) is 8.46. The molecule has 0 saturated carbocycles. The molecule has 1 N–H and O–H groups in total. The van der Waals surface area contributed by atoms with Gasteiger partial charge in [-0.25, -0.2) is 0 Å². The fraction of sp³-hybridized carbons (Fsp3) is 0.0962. The molecule has 56 heavy (non-hydrogen) atoms. The molecule has 0 aliphatic heterocycles. The molecule has 1 aliphatic rings. The Morgan fingerprint density at radius 3 is 2.14 bits per heavy atom. The lowest BCUT2D eigenvalue weighted by Gasteiger charge is -2.24. The summed E-state index contributed by atoms with van der Waals surface area (Å²) in [6.07, 6.45) is 3.40. The zero-order valence-corrected chi connectivity index (χ0v) is 31.3. The highest BCUT2D eigenvalue weighted by atomic mass is 16.3. The highest BCUT2D eigenvalue weighted by Crippen LogP contribution is 2.45. The molecule has 10 rings (SSSR count). The summed E-state index contributed by atoms with van der Waals surface area (Å²) >= 11 is 0. The number of allylic oxidation sites excluding steroid dienone is 1. The monoisotopic (exact) mass is 723 g/mol. The van der Waals surface area contributed by atoms with Gasteiger partial charge in [-0.1, -0.05) is 146 Å². The number of rotatable bonds is 8. The Bertz CT molecular complexity index is 2900. The van der Waals surface area contributed by atoms with Crippen molar-refractivity contribution in [1.29, 1.82) is 0 Å². The van der Waals surface area contributed by atoms with E-state index < -0.39 is 0 Å². The summed E-state index contributed by atoms with van der Waals surface area (Å²) in [5.41, 5.74) is 15.1. The molecular formula is C52H41N3O. The normalized spacial score (nSPS) is 14.3. The van der Waals surface area contributed by atoms with Crippen LogP contribution in [0.2, 0.25) is 0 Å². The van der Waals surface area contributed by atoms with E-state index in [4.69, 9.17) is 9.41 Å². The van der Waals surface area contributed by atoms with Gasteiger partial charge in [-0.3, -0.25) is 4.99 Å². The van der Waals surface area contributed by atoms with Crippen LogP contribution in [-0.4, -0.2) is 10.4 Å². The van der Waals surface area contributed by atoms with Gasteiger partial charge >= 0.3 is 0 Å². The highest BCUT2D eigenvalue weighted by molar-refractivity contribution is 6.10. The van der Waals surface area contributed by atoms with Crippen LogP contribution in [0, 0.1) is 0 Å². The van der Waals surface area contributed by atoms with Crippen LogP contribution in [0.25, 0.3) is 61.3 Å². The van der Waals surface area contributed by atoms with Crippen LogP contribution in [0.3, 0.4) is 0 Å². The molecule has 0 amide bonds. The zero-order chi connectivity index (χ0) is 37.4. The van der Waals surface area contributed by atoms with Crippen molar-refractivity contribution in [2.75, 3.05) is 0 Å². The summed E-state index contributed by atoms with van der Waals surface area (Å²) in [5.74, 6) is 1.18. The van der Waals surface area contributed by atoms with Crippen molar-refractivity contribution >= 4 is 50.3 Å². The van der Waals surface area contributed by atoms with Gasteiger partial charge in [-0.15, -0.1) is 0 Å². The molecule has 1 unspecified atom stereocenters. The molecule has 9 aromatic rings. The van der Waals surface area contributed by atoms with Crippen LogP contribution in [-0.2, 0) is 13.1 Å². The van der Waals surface area contributed by atoms with Crippen LogP contribution in [0.15, 0.2) is 185 Å². The molecule has 270 valence electrons. The number of para-hydroxylation sites is 2. The standard InChI is InChI=1S/C52H41N3O/c1-35-30-41(38-18-9-4-10-19-38)31-47-44-29-26-40(43-21-13-22-46-45-20-11-12-23-49(45)56-51(43)46)32-48(44)55(50(35)47)42-27-24-39(25-28-42)52(53-33-36-14-5-2-6-15-36)54-34-37-16-7-3-8-17-37/h2-29,31-32,35H,30,33-34H2,1H3,(H,53,54). The van der Waals surface area contributed by atoms with Gasteiger partial charge in [-0.05, 0) is 76.7 Å². The van der Waals surface area contributed by atoms with Gasteiger partial charge < -0.3 is 14.3 Å². The summed E-state index contributed by atoms with van der Waals surface area (Å²) in [7, 11) is 0. The van der Waals surface area contributed by atoms with E-state index in [2.05, 4.69) is 187 Å². The maximum absolute atomic E-state index is 6.52. The lowest BCUT2D eigenvalue weighted by molar-refractivity contribution is 0.670. The number of hydrogen-bond donors (Lipinski definition) is 1. The topological polar surface area (TPSA) is 42.5 Å². The van der Waals surface area contributed by atoms with Crippen LogP contribution in [0.5, 0.6) is 0 Å². The van der Waals surface area contributed by atoms with E-state index in [0.717, 1.165) is 56.6 Å². The number of aliphatic imine (C=N–C) groups is 1. The van der Waals surface area contributed by atoms with Crippen molar-refractivity contribution in [2.24, 2.45) is 4.99 Å². The third kappa shape index (κ3) is 6.19. The second-order valence-corrected chi connectivity index (χ2v) is 14.8. The molecule has 2 aromatic heterocycles. The van der Waals surface area contributed by atoms with Crippen molar-refractivity contribution < 1.29 is 4.42 Å². The van der Waals surface area contributed by atoms with Crippen molar-refractivity contribution in [3.63, 3.8) is 0 Å². The molecule has 7 aromatic carbocycles. The smallest absolute Gasteiger partial charge is 0.143 e. The SMILES string of the molecule is CC1CC(c2ccccc2)=Cc2c1n(-c1ccc(/C(=N/Cc3ccccc3)NCc3ccccc3)cc1)c1cc(-c3cccc4c3oc3ccccc34)ccc21. The Morgan fingerprint density at radius 1 is 0.661 bits per heavy atom. The largest absolute Gasteiger partial charge is 0.455 e. The van der Waals surface area contributed by atoms with Crippen molar-refractivity contribution in [1.82, 2.24) is 9.88 Å². The maximum atomic E-state index is 6.52. The molecule has 0 fully saturated rings. The van der Waals surface area contributed by atoms with Gasteiger partial charge in [0.05, 0.1) is 12.1 Å². The number of fused-ring (bicyclic) bond motifs is 6. The predicted molar refractivity (Wildman–Crippen MR) is 233 cm³/mol. The summed E-state index contributed by atoms with van der Waals surface area (Å²) in [6.45, 7) is 3.67. The van der Waals surface area contributed by atoms with Crippen LogP contribution in [0.4, 0.5) is 0 Å². The van der Waals surface area contributed by atoms with Gasteiger partial charge in [0, 0.05) is 56.7 Å². The first-order valence-corrected chi connectivity index (χ1v) is 19.5. The van der Waals surface area contributed by atoms with Crippen molar-refractivity contribution in [3.8, 4) is 16.8 Å². The Morgan fingerprint density at radius 2 is 1.36 bits per heavy atom. The molecular weight excluding hydrogens is 683 g/mol. The molecule has 0 radical (unpaired) electrons. The van der Waals surface area contributed by atoms with E-state index in [0.29, 0.717) is 19.0 Å². The van der Waals surface area contributed by atoms with E-state index in [1.807, 2.05) is 12.1 Å². The minimum absolute atomic E-state index is 0.301. The van der Waals surface area contributed by atoms with Gasteiger partial charge in [0.15, 0.2) is 0 Å². The second-order valence-electron chi connectivity index (χ2n) is 14.8.